The number of nitrogens with one attached hydrogen (secondary N) is 1. The standard InChI is InChI=1S/C16H18N2O3S/c1-16(2,3)15(21)17-8-10-5-4-6-11(7-10)13-18-12(9-22-13)14(19)20/h4-7,9H,8H2,1-3H3,(H,17,21)(H,19,20). The molecular formula is C16H18N2O3S. The molecule has 0 saturated carbocycles. The van der Waals surface area contributed by atoms with Crippen LogP contribution in [0.2, 0.25) is 0 Å². The van der Waals surface area contributed by atoms with Gasteiger partial charge in [0.15, 0.2) is 5.69 Å². The first kappa shape index (κ1) is 16.2. The Balaban J connectivity index is 2.13. The van der Waals surface area contributed by atoms with Crippen LogP contribution in [0.15, 0.2) is 29.6 Å². The molecule has 0 aliphatic heterocycles. The van der Waals surface area contributed by atoms with E-state index in [1.807, 2.05) is 45.0 Å². The normalized spacial score (nSPS) is 11.2. The third-order valence-electron chi connectivity index (χ3n) is 3.03. The van der Waals surface area contributed by atoms with Crippen LogP contribution in [-0.2, 0) is 11.3 Å². The predicted molar refractivity (Wildman–Crippen MR) is 85.8 cm³/mol. The van der Waals surface area contributed by atoms with Crippen molar-refractivity contribution in [3.8, 4) is 10.6 Å². The molecule has 1 amide bonds. The quantitative estimate of drug-likeness (QED) is 0.907. The van der Waals surface area contributed by atoms with Gasteiger partial charge in [0, 0.05) is 22.9 Å². The van der Waals surface area contributed by atoms with Crippen molar-refractivity contribution in [2.75, 3.05) is 0 Å². The number of amides is 1. The van der Waals surface area contributed by atoms with Crippen molar-refractivity contribution in [2.45, 2.75) is 27.3 Å². The first-order chi connectivity index (χ1) is 10.3. The lowest BCUT2D eigenvalue weighted by Crippen LogP contribution is -2.34. The second kappa shape index (κ2) is 6.27. The highest BCUT2D eigenvalue weighted by Crippen LogP contribution is 2.24. The molecule has 2 N–H and O–H groups in total. The van der Waals surface area contributed by atoms with E-state index in [1.54, 1.807) is 0 Å². The second-order valence-corrected chi connectivity index (χ2v) is 6.83. The Labute approximate surface area is 133 Å². The second-order valence-electron chi connectivity index (χ2n) is 5.98. The number of carbonyl (C=O) groups excluding carboxylic acids is 1. The van der Waals surface area contributed by atoms with Crippen LogP contribution in [0.4, 0.5) is 0 Å². The van der Waals surface area contributed by atoms with E-state index in [2.05, 4.69) is 10.3 Å². The summed E-state index contributed by atoms with van der Waals surface area (Å²) in [7, 11) is 0. The van der Waals surface area contributed by atoms with Gasteiger partial charge in [-0.2, -0.15) is 0 Å². The first-order valence-electron chi connectivity index (χ1n) is 6.84. The number of benzene rings is 1. The number of hydrogen-bond donors (Lipinski definition) is 2. The molecule has 0 spiro atoms. The number of aromatic carboxylic acids is 1. The van der Waals surface area contributed by atoms with E-state index >= 15 is 0 Å². The van der Waals surface area contributed by atoms with Gasteiger partial charge in [0.05, 0.1) is 0 Å². The molecule has 0 unspecified atom stereocenters. The molecule has 5 nitrogen and oxygen atoms in total. The summed E-state index contributed by atoms with van der Waals surface area (Å²) in [6, 6.07) is 7.57. The Bertz CT molecular complexity index is 701. The molecule has 2 rings (SSSR count). The molecule has 0 aliphatic carbocycles. The molecular weight excluding hydrogens is 300 g/mol. The Kier molecular flexibility index (Phi) is 4.61. The Morgan fingerprint density at radius 2 is 2.05 bits per heavy atom. The zero-order chi connectivity index (χ0) is 16.3. The topological polar surface area (TPSA) is 79.3 Å². The van der Waals surface area contributed by atoms with Crippen LogP contribution >= 0.6 is 11.3 Å². The third kappa shape index (κ3) is 3.92. The number of hydrogen-bond acceptors (Lipinski definition) is 4. The highest BCUT2D eigenvalue weighted by atomic mass is 32.1. The Hall–Kier alpha value is -2.21. The van der Waals surface area contributed by atoms with Crippen LogP contribution in [0.25, 0.3) is 10.6 Å². The van der Waals surface area contributed by atoms with Gasteiger partial charge < -0.3 is 10.4 Å². The average Bonchev–Trinajstić information content (AvgIpc) is 2.94. The fraction of sp³-hybridized carbons (Fsp3) is 0.312. The lowest BCUT2D eigenvalue weighted by molar-refractivity contribution is -0.128. The summed E-state index contributed by atoms with van der Waals surface area (Å²) in [4.78, 5) is 26.9. The largest absolute Gasteiger partial charge is 0.476 e. The van der Waals surface area contributed by atoms with Crippen molar-refractivity contribution in [3.05, 3.63) is 40.9 Å². The molecule has 0 saturated heterocycles. The molecule has 0 radical (unpaired) electrons. The molecule has 2 aromatic rings. The maximum absolute atomic E-state index is 11.9. The SMILES string of the molecule is CC(C)(C)C(=O)NCc1cccc(-c2nc(C(=O)O)cs2)c1. The van der Waals surface area contributed by atoms with Gasteiger partial charge >= 0.3 is 5.97 Å². The summed E-state index contributed by atoms with van der Waals surface area (Å²) >= 11 is 1.29. The molecule has 0 atom stereocenters. The summed E-state index contributed by atoms with van der Waals surface area (Å²) in [5.74, 6) is -1.04. The summed E-state index contributed by atoms with van der Waals surface area (Å²) in [6.07, 6.45) is 0. The maximum atomic E-state index is 11.9. The summed E-state index contributed by atoms with van der Waals surface area (Å²) < 4.78 is 0. The van der Waals surface area contributed by atoms with E-state index in [9.17, 15) is 9.59 Å². The molecule has 6 heteroatoms. The van der Waals surface area contributed by atoms with Gasteiger partial charge in [0.25, 0.3) is 0 Å². The van der Waals surface area contributed by atoms with E-state index in [0.29, 0.717) is 11.6 Å². The van der Waals surface area contributed by atoms with Crippen molar-refractivity contribution in [1.29, 1.82) is 0 Å². The fourth-order valence-electron chi connectivity index (χ4n) is 1.77. The van der Waals surface area contributed by atoms with Gasteiger partial charge in [-0.3, -0.25) is 4.79 Å². The van der Waals surface area contributed by atoms with Crippen molar-refractivity contribution in [1.82, 2.24) is 10.3 Å². The predicted octanol–water partition coefficient (Wildman–Crippen LogP) is 3.17. The highest BCUT2D eigenvalue weighted by Gasteiger charge is 2.20. The minimum absolute atomic E-state index is 0.0136. The molecule has 22 heavy (non-hydrogen) atoms. The number of carboxylic acid groups (broad SMARTS) is 1. The van der Waals surface area contributed by atoms with Crippen LogP contribution < -0.4 is 5.32 Å². The van der Waals surface area contributed by atoms with Crippen LogP contribution in [-0.4, -0.2) is 22.0 Å². The van der Waals surface area contributed by atoms with Gasteiger partial charge in [-0.05, 0) is 11.6 Å². The zero-order valence-electron chi connectivity index (χ0n) is 12.7. The molecule has 0 fully saturated rings. The van der Waals surface area contributed by atoms with Gasteiger partial charge in [-0.25, -0.2) is 9.78 Å². The van der Waals surface area contributed by atoms with E-state index in [1.165, 1.54) is 16.7 Å². The lowest BCUT2D eigenvalue weighted by Gasteiger charge is -2.17. The average molecular weight is 318 g/mol. The van der Waals surface area contributed by atoms with Gasteiger partial charge in [0.1, 0.15) is 5.01 Å². The van der Waals surface area contributed by atoms with E-state index in [0.717, 1.165) is 11.1 Å². The minimum Gasteiger partial charge on any atom is -0.476 e. The monoisotopic (exact) mass is 318 g/mol. The van der Waals surface area contributed by atoms with Gasteiger partial charge in [-0.1, -0.05) is 39.0 Å². The summed E-state index contributed by atoms with van der Waals surface area (Å²) in [5, 5.41) is 14.0. The molecule has 0 aliphatic rings. The van der Waals surface area contributed by atoms with E-state index in [4.69, 9.17) is 5.11 Å². The molecule has 116 valence electrons. The van der Waals surface area contributed by atoms with E-state index < -0.39 is 11.4 Å². The van der Waals surface area contributed by atoms with Crippen molar-refractivity contribution in [3.63, 3.8) is 0 Å². The van der Waals surface area contributed by atoms with Crippen molar-refractivity contribution >= 4 is 23.2 Å². The number of nitrogens with zero attached hydrogens (tertiary/aromatic N) is 1. The van der Waals surface area contributed by atoms with Crippen LogP contribution in [0.3, 0.4) is 0 Å². The van der Waals surface area contributed by atoms with Crippen LogP contribution in [0.5, 0.6) is 0 Å². The Morgan fingerprint density at radius 1 is 1.32 bits per heavy atom. The van der Waals surface area contributed by atoms with Gasteiger partial charge in [-0.15, -0.1) is 11.3 Å². The number of rotatable bonds is 4. The molecule has 0 bridgehead atoms. The smallest absolute Gasteiger partial charge is 0.355 e. The van der Waals surface area contributed by atoms with Gasteiger partial charge in [0.2, 0.25) is 5.91 Å². The van der Waals surface area contributed by atoms with E-state index in [-0.39, 0.29) is 11.6 Å². The molecule has 1 aromatic heterocycles. The lowest BCUT2D eigenvalue weighted by atomic mass is 9.95. The molecule has 1 aromatic carbocycles. The van der Waals surface area contributed by atoms with Crippen molar-refractivity contribution in [2.24, 2.45) is 5.41 Å². The number of carbonyl (C=O) groups is 2. The van der Waals surface area contributed by atoms with Crippen molar-refractivity contribution < 1.29 is 14.7 Å². The van der Waals surface area contributed by atoms with Crippen LogP contribution in [0.1, 0.15) is 36.8 Å². The first-order valence-corrected chi connectivity index (χ1v) is 7.72. The number of thiazole rings is 1. The molecule has 1 heterocycles. The maximum Gasteiger partial charge on any atom is 0.355 e. The fourth-order valence-corrected chi connectivity index (χ4v) is 2.56. The number of aromatic nitrogens is 1. The summed E-state index contributed by atoms with van der Waals surface area (Å²) in [5.41, 5.74) is 1.41. The third-order valence-corrected chi connectivity index (χ3v) is 3.92. The summed E-state index contributed by atoms with van der Waals surface area (Å²) in [6.45, 7) is 6.02. The zero-order valence-corrected chi connectivity index (χ0v) is 13.5. The highest BCUT2D eigenvalue weighted by molar-refractivity contribution is 7.13. The Morgan fingerprint density at radius 3 is 2.64 bits per heavy atom. The van der Waals surface area contributed by atoms with Crippen LogP contribution in [0, 0.1) is 5.41 Å². The minimum atomic E-state index is -1.03. The number of carboxylic acids is 1.